The number of hydrogen-bond donors (Lipinski definition) is 1. The van der Waals surface area contributed by atoms with Gasteiger partial charge in [-0.1, -0.05) is 40.9 Å². The molecule has 1 aromatic carbocycles. The van der Waals surface area contributed by atoms with E-state index < -0.39 is 12.0 Å². The van der Waals surface area contributed by atoms with E-state index >= 15 is 0 Å². The summed E-state index contributed by atoms with van der Waals surface area (Å²) in [6.07, 6.45) is 2.69. The zero-order valence-corrected chi connectivity index (χ0v) is 18.1. The number of halogens is 3. The monoisotopic (exact) mass is 470 g/mol. The van der Waals surface area contributed by atoms with Gasteiger partial charge in [0.05, 0.1) is 25.3 Å². The molecule has 1 saturated heterocycles. The normalized spacial score (nSPS) is 13.9. The Labute approximate surface area is 187 Å². The number of carbonyl (C=O) groups is 3. The fourth-order valence-corrected chi connectivity index (χ4v) is 3.63. The van der Waals surface area contributed by atoms with Gasteiger partial charge >= 0.3 is 12.0 Å². The van der Waals surface area contributed by atoms with Gasteiger partial charge in [-0.2, -0.15) is 5.10 Å². The molecule has 1 aliphatic heterocycles. The number of esters is 1. The van der Waals surface area contributed by atoms with E-state index in [0.29, 0.717) is 32.0 Å². The van der Waals surface area contributed by atoms with Crippen LogP contribution in [0.2, 0.25) is 15.2 Å². The van der Waals surface area contributed by atoms with Crippen molar-refractivity contribution in [1.29, 1.82) is 0 Å². The molecule has 0 saturated carbocycles. The Morgan fingerprint density at radius 1 is 1.27 bits per heavy atom. The Kier molecular flexibility index (Phi) is 7.02. The van der Waals surface area contributed by atoms with E-state index in [0.717, 1.165) is 4.90 Å². The molecule has 8 nitrogen and oxygen atoms in total. The minimum atomic E-state index is -0.639. The van der Waals surface area contributed by atoms with Gasteiger partial charge in [0.2, 0.25) is 5.91 Å². The second-order valence-electron chi connectivity index (χ2n) is 6.35. The average molecular weight is 472 g/mol. The van der Waals surface area contributed by atoms with Crippen molar-refractivity contribution >= 4 is 58.8 Å². The van der Waals surface area contributed by atoms with E-state index in [1.807, 2.05) is 0 Å². The molecule has 11 heteroatoms. The number of nitrogens with one attached hydrogen (secondary N) is 1. The van der Waals surface area contributed by atoms with Crippen molar-refractivity contribution in [3.63, 3.8) is 0 Å². The summed E-state index contributed by atoms with van der Waals surface area (Å²) in [4.78, 5) is 35.8. The van der Waals surface area contributed by atoms with Gasteiger partial charge in [0.15, 0.2) is 0 Å². The van der Waals surface area contributed by atoms with Crippen molar-refractivity contribution < 1.29 is 19.1 Å². The molecule has 1 fully saturated rings. The molecule has 0 radical (unpaired) electrons. The highest BCUT2D eigenvalue weighted by Gasteiger charge is 2.28. The SMILES string of the molecule is Cc1nn(Cc2c(Cl)cccc2Cl)c(Cl)c1/C=C/C(=O)OCCN1C(=O)CNC1=O. The number of hydrogen-bond acceptors (Lipinski definition) is 5. The Balaban J connectivity index is 1.62. The van der Waals surface area contributed by atoms with E-state index in [-0.39, 0.29) is 32.1 Å². The molecular weight excluding hydrogens is 455 g/mol. The lowest BCUT2D eigenvalue weighted by atomic mass is 10.2. The summed E-state index contributed by atoms with van der Waals surface area (Å²) >= 11 is 18.8. The lowest BCUT2D eigenvalue weighted by molar-refractivity contribution is -0.139. The van der Waals surface area contributed by atoms with Crippen LogP contribution in [0.15, 0.2) is 24.3 Å². The Hall–Kier alpha value is -2.55. The van der Waals surface area contributed by atoms with Crippen molar-refractivity contribution in [2.75, 3.05) is 19.7 Å². The van der Waals surface area contributed by atoms with Crippen molar-refractivity contribution in [2.45, 2.75) is 13.5 Å². The van der Waals surface area contributed by atoms with Gasteiger partial charge in [-0.3, -0.25) is 9.69 Å². The molecule has 1 aliphatic rings. The lowest BCUT2D eigenvalue weighted by Crippen LogP contribution is -2.34. The molecule has 0 spiro atoms. The van der Waals surface area contributed by atoms with E-state index in [4.69, 9.17) is 39.5 Å². The number of imide groups is 1. The summed E-state index contributed by atoms with van der Waals surface area (Å²) in [5.74, 6) is -1.00. The number of carbonyl (C=O) groups excluding carboxylic acids is 3. The first-order chi connectivity index (χ1) is 14.3. The lowest BCUT2D eigenvalue weighted by Gasteiger charge is -2.11. The summed E-state index contributed by atoms with van der Waals surface area (Å²) in [7, 11) is 0. The van der Waals surface area contributed by atoms with Crippen LogP contribution in [0.25, 0.3) is 6.08 Å². The number of urea groups is 1. The highest BCUT2D eigenvalue weighted by Crippen LogP contribution is 2.28. The van der Waals surface area contributed by atoms with Gasteiger partial charge in [-0.05, 0) is 25.1 Å². The molecule has 3 rings (SSSR count). The fraction of sp³-hybridized carbons (Fsp3) is 0.263. The van der Waals surface area contributed by atoms with Gasteiger partial charge in [-0.25, -0.2) is 14.3 Å². The molecule has 0 atom stereocenters. The molecule has 158 valence electrons. The van der Waals surface area contributed by atoms with E-state index in [9.17, 15) is 14.4 Å². The predicted octanol–water partition coefficient (Wildman–Crippen LogP) is 3.31. The third kappa shape index (κ3) is 4.95. The molecule has 30 heavy (non-hydrogen) atoms. The van der Waals surface area contributed by atoms with Crippen LogP contribution in [0.1, 0.15) is 16.8 Å². The molecule has 2 heterocycles. The first-order valence-corrected chi connectivity index (χ1v) is 10.00. The first kappa shape index (κ1) is 22.1. The van der Waals surface area contributed by atoms with Gasteiger partial charge in [0, 0.05) is 27.2 Å². The molecule has 2 aromatic rings. The van der Waals surface area contributed by atoms with Crippen LogP contribution in [-0.4, -0.2) is 52.3 Å². The van der Waals surface area contributed by atoms with Crippen LogP contribution >= 0.6 is 34.8 Å². The maximum atomic E-state index is 11.9. The zero-order valence-electron chi connectivity index (χ0n) is 15.8. The van der Waals surface area contributed by atoms with Crippen molar-refractivity contribution in [3.05, 3.63) is 56.3 Å². The zero-order chi connectivity index (χ0) is 21.8. The molecule has 3 amide bonds. The van der Waals surface area contributed by atoms with Crippen LogP contribution in [0.4, 0.5) is 4.79 Å². The summed E-state index contributed by atoms with van der Waals surface area (Å²) in [5.41, 5.74) is 1.83. The third-order valence-corrected chi connectivity index (χ3v) is 5.47. The number of benzene rings is 1. The molecule has 0 bridgehead atoms. The van der Waals surface area contributed by atoms with Gasteiger partial charge in [0.1, 0.15) is 11.8 Å². The van der Waals surface area contributed by atoms with Gasteiger partial charge in [-0.15, -0.1) is 0 Å². The van der Waals surface area contributed by atoms with Gasteiger partial charge in [0.25, 0.3) is 0 Å². The standard InChI is InChI=1S/C19H17Cl3N4O4/c1-11-12(5-6-17(28)30-8-7-25-16(27)9-23-19(25)29)18(22)26(24-11)10-13-14(20)3-2-4-15(13)21/h2-6H,7-10H2,1H3,(H,23,29)/b6-5+. The molecule has 1 aromatic heterocycles. The van der Waals surface area contributed by atoms with E-state index in [1.165, 1.54) is 16.8 Å². The number of rotatable bonds is 7. The van der Waals surface area contributed by atoms with Crippen molar-refractivity contribution in [2.24, 2.45) is 0 Å². The number of nitrogens with zero attached hydrogens (tertiary/aromatic N) is 3. The largest absolute Gasteiger partial charge is 0.461 e. The minimum absolute atomic E-state index is 0.0133. The third-order valence-electron chi connectivity index (χ3n) is 4.36. The summed E-state index contributed by atoms with van der Waals surface area (Å²) in [5, 5.41) is 8.07. The summed E-state index contributed by atoms with van der Waals surface area (Å²) in [6, 6.07) is 4.70. The van der Waals surface area contributed by atoms with Crippen molar-refractivity contribution in [3.8, 4) is 0 Å². The molecule has 1 N–H and O–H groups in total. The van der Waals surface area contributed by atoms with Crippen LogP contribution < -0.4 is 5.32 Å². The highest BCUT2D eigenvalue weighted by molar-refractivity contribution is 6.36. The van der Waals surface area contributed by atoms with Gasteiger partial charge < -0.3 is 10.1 Å². The predicted molar refractivity (Wildman–Crippen MR) is 113 cm³/mol. The number of aryl methyl sites for hydroxylation is 1. The number of aromatic nitrogens is 2. The molecular formula is C19H17Cl3N4O4. The topological polar surface area (TPSA) is 93.5 Å². The second-order valence-corrected chi connectivity index (χ2v) is 7.53. The number of ether oxygens (including phenoxy) is 1. The van der Waals surface area contributed by atoms with Crippen LogP contribution in [0.3, 0.4) is 0 Å². The average Bonchev–Trinajstić information content (AvgIpc) is 3.15. The molecule has 0 aliphatic carbocycles. The highest BCUT2D eigenvalue weighted by atomic mass is 35.5. The summed E-state index contributed by atoms with van der Waals surface area (Å²) in [6.45, 7) is 1.84. The first-order valence-electron chi connectivity index (χ1n) is 8.86. The maximum Gasteiger partial charge on any atom is 0.330 e. The Morgan fingerprint density at radius 2 is 1.97 bits per heavy atom. The van der Waals surface area contributed by atoms with Crippen LogP contribution in [0, 0.1) is 6.92 Å². The van der Waals surface area contributed by atoms with Crippen LogP contribution in [-0.2, 0) is 20.9 Å². The maximum absolute atomic E-state index is 11.9. The van der Waals surface area contributed by atoms with E-state index in [2.05, 4.69) is 10.4 Å². The van der Waals surface area contributed by atoms with E-state index in [1.54, 1.807) is 25.1 Å². The fourth-order valence-electron chi connectivity index (χ4n) is 2.81. The quantitative estimate of drug-likeness (QED) is 0.380. The molecule has 0 unspecified atom stereocenters. The van der Waals surface area contributed by atoms with Crippen LogP contribution in [0.5, 0.6) is 0 Å². The minimum Gasteiger partial charge on any atom is -0.461 e. The van der Waals surface area contributed by atoms with Crippen molar-refractivity contribution in [1.82, 2.24) is 20.0 Å². The Morgan fingerprint density at radius 3 is 2.60 bits per heavy atom. The second kappa shape index (κ2) is 9.51. The Bertz CT molecular complexity index is 999. The number of amides is 3. The summed E-state index contributed by atoms with van der Waals surface area (Å²) < 4.78 is 6.57. The smallest absolute Gasteiger partial charge is 0.330 e.